The maximum atomic E-state index is 11.8. The minimum atomic E-state index is -3.21. The van der Waals surface area contributed by atoms with Gasteiger partial charge in [0.25, 0.3) is 0 Å². The highest BCUT2D eigenvalue weighted by Gasteiger charge is 2.30. The Morgan fingerprint density at radius 2 is 1.63 bits per heavy atom. The van der Waals surface area contributed by atoms with Gasteiger partial charge in [0.2, 0.25) is 0 Å². The highest BCUT2D eigenvalue weighted by atomic mass is 32.2. The van der Waals surface area contributed by atoms with Crippen LogP contribution in [0.1, 0.15) is 12.8 Å². The van der Waals surface area contributed by atoms with Crippen molar-refractivity contribution in [1.82, 2.24) is 14.5 Å². The van der Waals surface area contributed by atoms with Crippen molar-refractivity contribution in [2.75, 3.05) is 37.3 Å². The maximum absolute atomic E-state index is 11.8. The van der Waals surface area contributed by atoms with Gasteiger partial charge < -0.3 is 9.47 Å². The molecule has 0 amide bonds. The monoisotopic (exact) mass is 486 g/mol. The van der Waals surface area contributed by atoms with Crippen molar-refractivity contribution in [3.63, 3.8) is 0 Å². The Morgan fingerprint density at radius 3 is 2.37 bits per heavy atom. The molecule has 2 aromatic carbocycles. The second-order valence-electron chi connectivity index (χ2n) is 9.84. The molecule has 4 aromatic rings. The average Bonchev–Trinajstić information content (AvgIpc) is 3.47. The SMILES string of the molecule is Cn1c(-c2ccc(S(C)(=O)=O)cc2)cc2ncc(-c3ccc(N4CCN5CCCC5C4)cc3)cc21. The van der Waals surface area contributed by atoms with Crippen molar-refractivity contribution >= 4 is 26.6 Å². The predicted molar refractivity (Wildman–Crippen MR) is 142 cm³/mol. The fourth-order valence-corrected chi connectivity index (χ4v) is 6.23. The fraction of sp³-hybridized carbons (Fsp3) is 0.321. The lowest BCUT2D eigenvalue weighted by molar-refractivity contribution is 0.231. The number of piperazine rings is 1. The summed E-state index contributed by atoms with van der Waals surface area (Å²) in [5.41, 5.74) is 7.48. The lowest BCUT2D eigenvalue weighted by Gasteiger charge is -2.38. The van der Waals surface area contributed by atoms with Crippen LogP contribution in [0.4, 0.5) is 5.69 Å². The van der Waals surface area contributed by atoms with E-state index in [0.717, 1.165) is 46.5 Å². The number of anilines is 1. The van der Waals surface area contributed by atoms with Gasteiger partial charge in [-0.1, -0.05) is 24.3 Å². The average molecular weight is 487 g/mol. The van der Waals surface area contributed by atoms with Crippen molar-refractivity contribution in [2.45, 2.75) is 23.8 Å². The molecule has 0 aliphatic carbocycles. The molecule has 1 atom stereocenters. The summed E-state index contributed by atoms with van der Waals surface area (Å²) >= 11 is 0. The molecule has 2 fully saturated rings. The van der Waals surface area contributed by atoms with Crippen molar-refractivity contribution < 1.29 is 8.42 Å². The zero-order chi connectivity index (χ0) is 24.2. The second kappa shape index (κ2) is 8.50. The molecule has 6 nitrogen and oxygen atoms in total. The van der Waals surface area contributed by atoms with Gasteiger partial charge in [-0.2, -0.15) is 0 Å². The van der Waals surface area contributed by atoms with Crippen molar-refractivity contribution in [2.24, 2.45) is 7.05 Å². The molecule has 0 spiro atoms. The lowest BCUT2D eigenvalue weighted by atomic mass is 10.1. The molecule has 1 unspecified atom stereocenters. The third-order valence-corrected chi connectivity index (χ3v) is 8.75. The second-order valence-corrected chi connectivity index (χ2v) is 11.9. The van der Waals surface area contributed by atoms with E-state index >= 15 is 0 Å². The molecule has 0 radical (unpaired) electrons. The summed E-state index contributed by atoms with van der Waals surface area (Å²) in [6.07, 6.45) is 5.82. The van der Waals surface area contributed by atoms with Crippen LogP contribution in [0, 0.1) is 0 Å². The highest BCUT2D eigenvalue weighted by molar-refractivity contribution is 7.90. The van der Waals surface area contributed by atoms with Crippen LogP contribution >= 0.6 is 0 Å². The zero-order valence-corrected chi connectivity index (χ0v) is 21.0. The van der Waals surface area contributed by atoms with Gasteiger partial charge in [-0.15, -0.1) is 0 Å². The Balaban J connectivity index is 1.26. The van der Waals surface area contributed by atoms with E-state index in [4.69, 9.17) is 4.98 Å². The van der Waals surface area contributed by atoms with Crippen molar-refractivity contribution in [1.29, 1.82) is 0 Å². The summed E-state index contributed by atoms with van der Waals surface area (Å²) in [5.74, 6) is 0. The van der Waals surface area contributed by atoms with E-state index in [0.29, 0.717) is 10.9 Å². The van der Waals surface area contributed by atoms with Gasteiger partial charge >= 0.3 is 0 Å². The van der Waals surface area contributed by atoms with E-state index in [9.17, 15) is 8.42 Å². The van der Waals surface area contributed by atoms with Gasteiger partial charge in [-0.05, 0) is 66.9 Å². The Hall–Kier alpha value is -3.16. The van der Waals surface area contributed by atoms with Crippen molar-refractivity contribution in [3.8, 4) is 22.4 Å². The number of aromatic nitrogens is 2. The summed E-state index contributed by atoms with van der Waals surface area (Å²) < 4.78 is 25.7. The molecular weight excluding hydrogens is 456 g/mol. The molecule has 35 heavy (non-hydrogen) atoms. The molecule has 0 N–H and O–H groups in total. The first-order valence-electron chi connectivity index (χ1n) is 12.2. The normalized spacial score (nSPS) is 18.8. The number of fused-ring (bicyclic) bond motifs is 2. The fourth-order valence-electron chi connectivity index (χ4n) is 5.60. The first-order valence-corrected chi connectivity index (χ1v) is 14.1. The summed E-state index contributed by atoms with van der Waals surface area (Å²) in [5, 5.41) is 0. The molecule has 2 aliphatic rings. The van der Waals surface area contributed by atoms with Crippen LogP contribution in [0.2, 0.25) is 0 Å². The first-order chi connectivity index (χ1) is 16.9. The van der Waals surface area contributed by atoms with Gasteiger partial charge in [0.1, 0.15) is 0 Å². The molecule has 2 aromatic heterocycles. The van der Waals surface area contributed by atoms with Crippen LogP contribution in [-0.4, -0.2) is 61.3 Å². The number of pyridine rings is 1. The van der Waals surface area contributed by atoms with Gasteiger partial charge in [-0.25, -0.2) is 8.42 Å². The Morgan fingerprint density at radius 1 is 0.886 bits per heavy atom. The topological polar surface area (TPSA) is 58.4 Å². The number of sulfone groups is 1. The standard InChI is InChI=1S/C28H30N4O2S/c1-30-27(21-7-11-25(12-8-21)35(2,33)34)17-26-28(30)16-22(18-29-26)20-5-9-23(10-6-20)32-15-14-31-13-3-4-24(31)19-32/h5-12,16-18,24H,3-4,13-15,19H2,1-2H3. The minimum Gasteiger partial charge on any atom is -0.369 e. The molecule has 2 saturated heterocycles. The zero-order valence-electron chi connectivity index (χ0n) is 20.2. The van der Waals surface area contributed by atoms with E-state index in [-0.39, 0.29) is 0 Å². The van der Waals surface area contributed by atoms with Crippen LogP contribution in [0.5, 0.6) is 0 Å². The van der Waals surface area contributed by atoms with Crippen LogP contribution in [0.15, 0.2) is 71.8 Å². The number of rotatable bonds is 4. The van der Waals surface area contributed by atoms with E-state index in [1.165, 1.54) is 37.9 Å². The number of nitrogens with zero attached hydrogens (tertiary/aromatic N) is 4. The van der Waals surface area contributed by atoms with Gasteiger partial charge in [0.15, 0.2) is 9.84 Å². The molecular formula is C28H30N4O2S. The van der Waals surface area contributed by atoms with Crippen LogP contribution in [0.25, 0.3) is 33.4 Å². The molecule has 4 heterocycles. The van der Waals surface area contributed by atoms with E-state index in [2.05, 4.69) is 50.8 Å². The summed E-state index contributed by atoms with van der Waals surface area (Å²) in [4.78, 5) is 10.2. The van der Waals surface area contributed by atoms with Gasteiger partial charge in [-0.3, -0.25) is 9.88 Å². The number of benzene rings is 2. The van der Waals surface area contributed by atoms with Crippen LogP contribution < -0.4 is 4.90 Å². The molecule has 0 bridgehead atoms. The number of hydrogen-bond donors (Lipinski definition) is 0. The molecule has 6 rings (SSSR count). The van der Waals surface area contributed by atoms with Crippen molar-refractivity contribution in [3.05, 3.63) is 66.9 Å². The summed E-state index contributed by atoms with van der Waals surface area (Å²) in [6, 6.07) is 20.9. The smallest absolute Gasteiger partial charge is 0.175 e. The number of hydrogen-bond acceptors (Lipinski definition) is 5. The van der Waals surface area contributed by atoms with Crippen LogP contribution in [-0.2, 0) is 16.9 Å². The Labute approximate surface area is 206 Å². The van der Waals surface area contributed by atoms with E-state index in [1.54, 1.807) is 12.1 Å². The molecule has 0 saturated carbocycles. The third-order valence-electron chi connectivity index (χ3n) is 7.62. The van der Waals surface area contributed by atoms with E-state index < -0.39 is 9.84 Å². The Kier molecular flexibility index (Phi) is 5.42. The van der Waals surface area contributed by atoms with Gasteiger partial charge in [0.05, 0.1) is 21.6 Å². The first kappa shape index (κ1) is 22.3. The minimum absolute atomic E-state index is 0.328. The third kappa shape index (κ3) is 4.13. The molecule has 7 heteroatoms. The molecule has 2 aliphatic heterocycles. The Bertz CT molecular complexity index is 1490. The van der Waals surface area contributed by atoms with Gasteiger partial charge in [0, 0.05) is 56.4 Å². The summed E-state index contributed by atoms with van der Waals surface area (Å²) in [7, 11) is -1.18. The molecule has 180 valence electrons. The predicted octanol–water partition coefficient (Wildman–Crippen LogP) is 4.60. The summed E-state index contributed by atoms with van der Waals surface area (Å²) in [6.45, 7) is 4.66. The van der Waals surface area contributed by atoms with E-state index in [1.807, 2.05) is 25.4 Å². The largest absolute Gasteiger partial charge is 0.369 e. The quantitative estimate of drug-likeness (QED) is 0.422. The maximum Gasteiger partial charge on any atom is 0.175 e. The highest BCUT2D eigenvalue weighted by Crippen LogP contribution is 2.31. The van der Waals surface area contributed by atoms with Crippen LogP contribution in [0.3, 0.4) is 0 Å². The lowest BCUT2D eigenvalue weighted by Crippen LogP contribution is -2.50. The number of aryl methyl sites for hydroxylation is 1.